The Balaban J connectivity index is 1.52. The third kappa shape index (κ3) is 3.72. The van der Waals surface area contributed by atoms with E-state index in [1.165, 1.54) is 6.42 Å². The first-order chi connectivity index (χ1) is 13.3. The summed E-state index contributed by atoms with van der Waals surface area (Å²) in [7, 11) is 0. The molecule has 0 aliphatic carbocycles. The molecule has 3 aromatic rings. The summed E-state index contributed by atoms with van der Waals surface area (Å²) in [4.78, 5) is 24.2. The summed E-state index contributed by atoms with van der Waals surface area (Å²) in [6, 6.07) is 11.7. The summed E-state index contributed by atoms with van der Waals surface area (Å²) in [5.41, 5.74) is 1.40. The Morgan fingerprint density at radius 3 is 3.00 bits per heavy atom. The van der Waals surface area contributed by atoms with E-state index < -0.39 is 0 Å². The molecule has 1 aromatic carbocycles. The van der Waals surface area contributed by atoms with Crippen LogP contribution in [0.25, 0.3) is 10.9 Å². The van der Waals surface area contributed by atoms with Crippen LogP contribution in [-0.2, 0) is 6.54 Å². The molecule has 0 bridgehead atoms. The van der Waals surface area contributed by atoms with Crippen molar-refractivity contribution in [2.45, 2.75) is 45.1 Å². The minimum Gasteiger partial charge on any atom is -0.337 e. The largest absolute Gasteiger partial charge is 0.337 e. The number of piperidine rings is 1. The number of imidazole rings is 1. The number of para-hydroxylation sites is 1. The fourth-order valence-corrected chi connectivity index (χ4v) is 3.92. The van der Waals surface area contributed by atoms with Gasteiger partial charge in [0, 0.05) is 43.3 Å². The summed E-state index contributed by atoms with van der Waals surface area (Å²) in [5, 5.41) is 1.06. The molecule has 1 aliphatic heterocycles. The van der Waals surface area contributed by atoms with E-state index in [1.54, 1.807) is 0 Å². The molecule has 1 saturated heterocycles. The number of rotatable bonds is 5. The Morgan fingerprint density at radius 2 is 2.11 bits per heavy atom. The Hall–Kier alpha value is -2.69. The highest BCUT2D eigenvalue weighted by molar-refractivity contribution is 5.95. The van der Waals surface area contributed by atoms with Gasteiger partial charge in [-0.1, -0.05) is 37.6 Å². The second-order valence-corrected chi connectivity index (χ2v) is 7.31. The number of amides is 1. The van der Waals surface area contributed by atoms with Crippen molar-refractivity contribution < 1.29 is 4.79 Å². The summed E-state index contributed by atoms with van der Waals surface area (Å²) < 4.78 is 2.26. The zero-order valence-electron chi connectivity index (χ0n) is 15.8. The van der Waals surface area contributed by atoms with Crippen molar-refractivity contribution >= 4 is 16.8 Å². The molecule has 1 aliphatic rings. The average Bonchev–Trinajstić information content (AvgIpc) is 3.20. The van der Waals surface area contributed by atoms with Crippen LogP contribution in [0.2, 0.25) is 0 Å². The van der Waals surface area contributed by atoms with Gasteiger partial charge >= 0.3 is 0 Å². The van der Waals surface area contributed by atoms with Crippen LogP contribution in [0.3, 0.4) is 0 Å². The van der Waals surface area contributed by atoms with Gasteiger partial charge in [-0.3, -0.25) is 4.79 Å². The lowest BCUT2D eigenvalue weighted by molar-refractivity contribution is 0.0697. The molecule has 1 fully saturated rings. The SMILES string of the molecule is CCCCn1ccnc1[C@@H]1CCCN(C(=O)c2ccc3ccccc3n2)C1. The maximum Gasteiger partial charge on any atom is 0.272 e. The van der Waals surface area contributed by atoms with Crippen LogP contribution in [0.5, 0.6) is 0 Å². The van der Waals surface area contributed by atoms with Crippen LogP contribution < -0.4 is 0 Å². The number of unbranched alkanes of at least 4 members (excludes halogenated alkanes) is 1. The second-order valence-electron chi connectivity index (χ2n) is 7.31. The Bertz CT molecular complexity index is 933. The molecule has 5 heteroatoms. The van der Waals surface area contributed by atoms with Crippen LogP contribution in [0.15, 0.2) is 48.8 Å². The summed E-state index contributed by atoms with van der Waals surface area (Å²) in [6.45, 7) is 4.71. The quantitative estimate of drug-likeness (QED) is 0.682. The van der Waals surface area contributed by atoms with Crippen LogP contribution in [0, 0.1) is 0 Å². The van der Waals surface area contributed by atoms with Gasteiger partial charge in [-0.05, 0) is 31.4 Å². The van der Waals surface area contributed by atoms with Gasteiger partial charge in [0.25, 0.3) is 5.91 Å². The van der Waals surface area contributed by atoms with Crippen molar-refractivity contribution in [3.63, 3.8) is 0 Å². The molecule has 140 valence electrons. The molecule has 0 unspecified atom stereocenters. The lowest BCUT2D eigenvalue weighted by Gasteiger charge is -2.32. The molecule has 0 radical (unpaired) electrons. The van der Waals surface area contributed by atoms with Crippen LogP contribution in [-0.4, -0.2) is 38.4 Å². The molecule has 27 heavy (non-hydrogen) atoms. The number of pyridine rings is 1. The Labute approximate surface area is 160 Å². The Morgan fingerprint density at radius 1 is 1.22 bits per heavy atom. The normalized spacial score (nSPS) is 17.4. The standard InChI is InChI=1S/C22H26N4O/c1-2-3-13-25-15-12-23-21(25)18-8-6-14-26(16-18)22(27)20-11-10-17-7-4-5-9-19(17)24-20/h4-5,7,9-12,15,18H,2-3,6,8,13-14,16H2,1H3/t18-/m1/s1. The third-order valence-corrected chi connectivity index (χ3v) is 5.39. The zero-order valence-corrected chi connectivity index (χ0v) is 15.8. The number of hydrogen-bond acceptors (Lipinski definition) is 3. The number of aryl methyl sites for hydroxylation is 1. The van der Waals surface area contributed by atoms with E-state index in [1.807, 2.05) is 47.5 Å². The van der Waals surface area contributed by atoms with Gasteiger partial charge in [0.05, 0.1) is 5.52 Å². The highest BCUT2D eigenvalue weighted by Gasteiger charge is 2.28. The monoisotopic (exact) mass is 362 g/mol. The second kappa shape index (κ2) is 7.91. The minimum atomic E-state index is 0.0251. The van der Waals surface area contributed by atoms with E-state index in [2.05, 4.69) is 27.7 Å². The first kappa shape index (κ1) is 17.7. The van der Waals surface area contributed by atoms with Crippen molar-refractivity contribution in [3.05, 3.63) is 60.3 Å². The average molecular weight is 362 g/mol. The van der Waals surface area contributed by atoms with Gasteiger partial charge in [-0.25, -0.2) is 9.97 Å². The van der Waals surface area contributed by atoms with Gasteiger partial charge in [-0.15, -0.1) is 0 Å². The van der Waals surface area contributed by atoms with Crippen LogP contribution in [0.4, 0.5) is 0 Å². The van der Waals surface area contributed by atoms with Gasteiger partial charge in [-0.2, -0.15) is 0 Å². The lowest BCUT2D eigenvalue weighted by atomic mass is 9.96. The van der Waals surface area contributed by atoms with E-state index >= 15 is 0 Å². The first-order valence-electron chi connectivity index (χ1n) is 9.92. The number of fused-ring (bicyclic) bond motifs is 1. The third-order valence-electron chi connectivity index (χ3n) is 5.39. The molecular formula is C22H26N4O. The number of nitrogens with zero attached hydrogens (tertiary/aromatic N) is 4. The van der Waals surface area contributed by atoms with Crippen molar-refractivity contribution in [2.24, 2.45) is 0 Å². The fraction of sp³-hybridized carbons (Fsp3) is 0.409. The molecule has 1 amide bonds. The molecule has 0 N–H and O–H groups in total. The number of carbonyl (C=O) groups excluding carboxylic acids is 1. The lowest BCUT2D eigenvalue weighted by Crippen LogP contribution is -2.40. The van der Waals surface area contributed by atoms with Gasteiger partial charge in [0.2, 0.25) is 0 Å². The van der Waals surface area contributed by atoms with Gasteiger partial charge in [0.1, 0.15) is 11.5 Å². The fourth-order valence-electron chi connectivity index (χ4n) is 3.92. The van der Waals surface area contributed by atoms with Crippen LogP contribution in [0.1, 0.15) is 54.8 Å². The zero-order chi connectivity index (χ0) is 18.6. The highest BCUT2D eigenvalue weighted by Crippen LogP contribution is 2.27. The predicted molar refractivity (Wildman–Crippen MR) is 107 cm³/mol. The van der Waals surface area contributed by atoms with Crippen molar-refractivity contribution in [2.75, 3.05) is 13.1 Å². The number of likely N-dealkylation sites (tertiary alicyclic amines) is 1. The maximum atomic E-state index is 13.1. The van der Waals surface area contributed by atoms with E-state index in [0.29, 0.717) is 11.6 Å². The molecule has 2 aromatic heterocycles. The number of benzene rings is 1. The Kier molecular flexibility index (Phi) is 5.19. The molecule has 5 nitrogen and oxygen atoms in total. The molecular weight excluding hydrogens is 336 g/mol. The number of aromatic nitrogens is 3. The molecule has 3 heterocycles. The number of hydrogen-bond donors (Lipinski definition) is 0. The minimum absolute atomic E-state index is 0.0251. The van der Waals surface area contributed by atoms with Crippen molar-refractivity contribution in [1.82, 2.24) is 19.4 Å². The highest BCUT2D eigenvalue weighted by atomic mass is 16.2. The summed E-state index contributed by atoms with van der Waals surface area (Å²) in [5.74, 6) is 1.44. The molecule has 4 rings (SSSR count). The summed E-state index contributed by atoms with van der Waals surface area (Å²) in [6.07, 6.45) is 8.36. The first-order valence-corrected chi connectivity index (χ1v) is 9.92. The van der Waals surface area contributed by atoms with Crippen molar-refractivity contribution in [3.8, 4) is 0 Å². The summed E-state index contributed by atoms with van der Waals surface area (Å²) >= 11 is 0. The molecule has 0 saturated carbocycles. The van der Waals surface area contributed by atoms with Gasteiger partial charge in [0.15, 0.2) is 0 Å². The van der Waals surface area contributed by atoms with Crippen molar-refractivity contribution in [1.29, 1.82) is 0 Å². The predicted octanol–water partition coefficient (Wildman–Crippen LogP) is 4.25. The maximum absolute atomic E-state index is 13.1. The van der Waals surface area contributed by atoms with E-state index in [9.17, 15) is 4.79 Å². The molecule has 1 atom stereocenters. The molecule has 0 spiro atoms. The van der Waals surface area contributed by atoms with E-state index in [0.717, 1.165) is 55.6 Å². The topological polar surface area (TPSA) is 51.0 Å². The van der Waals surface area contributed by atoms with E-state index in [4.69, 9.17) is 0 Å². The van der Waals surface area contributed by atoms with Crippen LogP contribution >= 0.6 is 0 Å². The van der Waals surface area contributed by atoms with E-state index in [-0.39, 0.29) is 5.91 Å². The van der Waals surface area contributed by atoms with Gasteiger partial charge < -0.3 is 9.47 Å². The smallest absolute Gasteiger partial charge is 0.272 e. The number of carbonyl (C=O) groups is 1.